The van der Waals surface area contributed by atoms with Gasteiger partial charge in [0.25, 0.3) is 0 Å². The molecule has 1 aliphatic heterocycles. The molecule has 1 amide bonds. The standard InChI is InChI=1S/C15H16N6O3S2/c1-9-17-18-15-21(9)19-13(25-15)5-6-16-26(23,24)11-3-4-12-10(7-11)8-14(22)20(12)2/h3-4,7,16H,5-6,8H2,1-2H3. The molecule has 0 fully saturated rings. The molecule has 2 aromatic heterocycles. The van der Waals surface area contributed by atoms with Gasteiger partial charge in [-0.3, -0.25) is 4.79 Å². The highest BCUT2D eigenvalue weighted by Gasteiger charge is 2.26. The molecule has 11 heteroatoms. The number of likely N-dealkylation sites (N-methyl/N-ethyl adjacent to an activating group) is 1. The minimum Gasteiger partial charge on any atom is -0.315 e. The number of carbonyl (C=O) groups is 1. The van der Waals surface area contributed by atoms with Crippen LogP contribution in [-0.2, 0) is 27.7 Å². The smallest absolute Gasteiger partial charge is 0.240 e. The Morgan fingerprint density at radius 1 is 1.31 bits per heavy atom. The number of rotatable bonds is 5. The monoisotopic (exact) mass is 392 g/mol. The minimum atomic E-state index is -3.65. The second kappa shape index (κ2) is 6.11. The van der Waals surface area contributed by atoms with Crippen molar-refractivity contribution in [3.05, 3.63) is 34.6 Å². The Hall–Kier alpha value is -2.37. The average Bonchev–Trinajstić information content (AvgIpc) is 3.23. The summed E-state index contributed by atoms with van der Waals surface area (Å²) < 4.78 is 29.2. The summed E-state index contributed by atoms with van der Waals surface area (Å²) in [6, 6.07) is 4.74. The number of sulfonamides is 1. The quantitative estimate of drug-likeness (QED) is 0.678. The largest absolute Gasteiger partial charge is 0.315 e. The van der Waals surface area contributed by atoms with Crippen molar-refractivity contribution in [3.63, 3.8) is 0 Å². The predicted octanol–water partition coefficient (Wildman–Crippen LogP) is 0.534. The molecule has 136 valence electrons. The van der Waals surface area contributed by atoms with Gasteiger partial charge in [-0.15, -0.1) is 10.2 Å². The van der Waals surface area contributed by atoms with Crippen LogP contribution in [0, 0.1) is 6.92 Å². The van der Waals surface area contributed by atoms with Crippen molar-refractivity contribution < 1.29 is 13.2 Å². The Bertz CT molecular complexity index is 1120. The fourth-order valence-electron chi connectivity index (χ4n) is 2.84. The molecule has 0 aliphatic carbocycles. The van der Waals surface area contributed by atoms with Crippen LogP contribution < -0.4 is 9.62 Å². The number of aromatic nitrogens is 4. The summed E-state index contributed by atoms with van der Waals surface area (Å²) >= 11 is 1.38. The van der Waals surface area contributed by atoms with Crippen LogP contribution in [0.15, 0.2) is 23.1 Å². The normalized spacial score (nSPS) is 14.4. The number of fused-ring (bicyclic) bond motifs is 2. The van der Waals surface area contributed by atoms with Crippen molar-refractivity contribution in [1.82, 2.24) is 24.5 Å². The highest BCUT2D eigenvalue weighted by Crippen LogP contribution is 2.29. The summed E-state index contributed by atoms with van der Waals surface area (Å²) in [5, 5.41) is 13.0. The molecule has 0 unspecified atom stereocenters. The molecule has 1 N–H and O–H groups in total. The number of benzene rings is 1. The van der Waals surface area contributed by atoms with E-state index in [2.05, 4.69) is 20.0 Å². The SMILES string of the molecule is Cc1nnc2sc(CCNS(=O)(=O)c3ccc4c(c3)CC(=O)N4C)nn12. The van der Waals surface area contributed by atoms with Crippen LogP contribution >= 0.6 is 11.3 Å². The molecule has 4 rings (SSSR count). The van der Waals surface area contributed by atoms with E-state index in [0.29, 0.717) is 17.2 Å². The zero-order valence-electron chi connectivity index (χ0n) is 14.1. The van der Waals surface area contributed by atoms with Crippen molar-refractivity contribution in [2.24, 2.45) is 0 Å². The number of hydrogen-bond acceptors (Lipinski definition) is 7. The molecule has 3 aromatic rings. The summed E-state index contributed by atoms with van der Waals surface area (Å²) in [5.74, 6) is 0.654. The lowest BCUT2D eigenvalue weighted by Gasteiger charge is -2.11. The van der Waals surface area contributed by atoms with Crippen LogP contribution in [0.25, 0.3) is 4.96 Å². The van der Waals surface area contributed by atoms with Crippen molar-refractivity contribution >= 4 is 37.9 Å². The Kier molecular flexibility index (Phi) is 4.01. The van der Waals surface area contributed by atoms with E-state index in [1.54, 1.807) is 23.7 Å². The molecule has 0 radical (unpaired) electrons. The number of amides is 1. The van der Waals surface area contributed by atoms with Gasteiger partial charge < -0.3 is 4.90 Å². The Morgan fingerprint density at radius 2 is 2.12 bits per heavy atom. The molecule has 0 spiro atoms. The van der Waals surface area contributed by atoms with Gasteiger partial charge >= 0.3 is 0 Å². The molecule has 0 bridgehead atoms. The van der Waals surface area contributed by atoms with Gasteiger partial charge in [-0.1, -0.05) is 11.3 Å². The van der Waals surface area contributed by atoms with Crippen molar-refractivity contribution in [3.8, 4) is 0 Å². The fraction of sp³-hybridized carbons (Fsp3) is 0.333. The summed E-state index contributed by atoms with van der Waals surface area (Å²) in [6.07, 6.45) is 0.681. The molecule has 0 atom stereocenters. The topological polar surface area (TPSA) is 110 Å². The van der Waals surface area contributed by atoms with E-state index in [0.717, 1.165) is 16.3 Å². The third-order valence-electron chi connectivity index (χ3n) is 4.26. The van der Waals surface area contributed by atoms with E-state index in [9.17, 15) is 13.2 Å². The maximum atomic E-state index is 12.5. The first-order valence-corrected chi connectivity index (χ1v) is 10.2. The molecular formula is C15H16N6O3S2. The fourth-order valence-corrected chi connectivity index (χ4v) is 4.81. The lowest BCUT2D eigenvalue weighted by Crippen LogP contribution is -2.26. The predicted molar refractivity (Wildman–Crippen MR) is 95.8 cm³/mol. The zero-order chi connectivity index (χ0) is 18.5. The summed E-state index contributed by atoms with van der Waals surface area (Å²) in [6.45, 7) is 2.03. The highest BCUT2D eigenvalue weighted by molar-refractivity contribution is 7.89. The van der Waals surface area contributed by atoms with E-state index in [1.165, 1.54) is 22.3 Å². The van der Waals surface area contributed by atoms with Gasteiger partial charge in [0.05, 0.1) is 11.3 Å². The number of hydrogen-bond donors (Lipinski definition) is 1. The number of aryl methyl sites for hydroxylation is 1. The molecule has 3 heterocycles. The number of carbonyl (C=O) groups excluding carboxylic acids is 1. The lowest BCUT2D eigenvalue weighted by atomic mass is 10.2. The summed E-state index contributed by atoms with van der Waals surface area (Å²) in [7, 11) is -1.97. The third-order valence-corrected chi connectivity index (χ3v) is 6.68. The highest BCUT2D eigenvalue weighted by atomic mass is 32.2. The van der Waals surface area contributed by atoms with Crippen molar-refractivity contribution in [1.29, 1.82) is 0 Å². The van der Waals surface area contributed by atoms with E-state index in [1.807, 2.05) is 6.92 Å². The van der Waals surface area contributed by atoms with Crippen LogP contribution in [0.2, 0.25) is 0 Å². The Morgan fingerprint density at radius 3 is 2.88 bits per heavy atom. The van der Waals surface area contributed by atoms with Crippen LogP contribution in [0.3, 0.4) is 0 Å². The van der Waals surface area contributed by atoms with E-state index >= 15 is 0 Å². The summed E-state index contributed by atoms with van der Waals surface area (Å²) in [4.78, 5) is 14.1. The van der Waals surface area contributed by atoms with E-state index in [-0.39, 0.29) is 23.8 Å². The number of nitrogens with zero attached hydrogens (tertiary/aromatic N) is 5. The second-order valence-electron chi connectivity index (χ2n) is 6.01. The van der Waals surface area contributed by atoms with Gasteiger partial charge in [0.15, 0.2) is 5.82 Å². The first-order valence-electron chi connectivity index (χ1n) is 7.92. The van der Waals surface area contributed by atoms with E-state index in [4.69, 9.17) is 0 Å². The van der Waals surface area contributed by atoms with Crippen molar-refractivity contribution in [2.45, 2.75) is 24.7 Å². The second-order valence-corrected chi connectivity index (χ2v) is 8.81. The molecule has 1 aromatic carbocycles. The first-order chi connectivity index (χ1) is 12.3. The van der Waals surface area contributed by atoms with E-state index < -0.39 is 10.0 Å². The third kappa shape index (κ3) is 2.87. The molecular weight excluding hydrogens is 376 g/mol. The number of nitrogens with one attached hydrogen (secondary N) is 1. The minimum absolute atomic E-state index is 0.0407. The van der Waals surface area contributed by atoms with Crippen molar-refractivity contribution in [2.75, 3.05) is 18.5 Å². The maximum absolute atomic E-state index is 12.5. The molecule has 0 saturated carbocycles. The maximum Gasteiger partial charge on any atom is 0.240 e. The molecule has 0 saturated heterocycles. The molecule has 1 aliphatic rings. The molecule has 9 nitrogen and oxygen atoms in total. The Balaban J connectivity index is 1.46. The van der Waals surface area contributed by atoms with Gasteiger partial charge in [-0.05, 0) is 30.7 Å². The van der Waals surface area contributed by atoms with Gasteiger partial charge in [0, 0.05) is 25.7 Å². The molecule has 26 heavy (non-hydrogen) atoms. The summed E-state index contributed by atoms with van der Waals surface area (Å²) in [5.41, 5.74) is 1.48. The average molecular weight is 392 g/mol. The van der Waals surface area contributed by atoms with Gasteiger partial charge in [0.1, 0.15) is 5.01 Å². The number of anilines is 1. The van der Waals surface area contributed by atoms with Crippen LogP contribution in [0.4, 0.5) is 5.69 Å². The van der Waals surface area contributed by atoms with Crippen LogP contribution in [0.5, 0.6) is 0 Å². The van der Waals surface area contributed by atoms with Gasteiger partial charge in [-0.2, -0.15) is 9.61 Å². The van der Waals surface area contributed by atoms with Gasteiger partial charge in [0.2, 0.25) is 20.9 Å². The Labute approximate surface area is 153 Å². The van der Waals surface area contributed by atoms with Gasteiger partial charge in [-0.25, -0.2) is 13.1 Å². The zero-order valence-corrected chi connectivity index (χ0v) is 15.8. The lowest BCUT2D eigenvalue weighted by molar-refractivity contribution is -0.117. The van der Waals surface area contributed by atoms with Crippen LogP contribution in [-0.4, -0.2) is 47.7 Å². The first kappa shape index (κ1) is 17.1. The van der Waals surface area contributed by atoms with Crippen LogP contribution in [0.1, 0.15) is 16.4 Å².